The number of aromatic nitrogens is 2. The van der Waals surface area contributed by atoms with E-state index >= 15 is 0 Å². The topological polar surface area (TPSA) is 55.1 Å². The minimum absolute atomic E-state index is 0.112. The average molecular weight is 269 g/mol. The third-order valence-corrected chi connectivity index (χ3v) is 2.33. The van der Waals surface area contributed by atoms with Gasteiger partial charge in [0.25, 0.3) is 6.43 Å². The van der Waals surface area contributed by atoms with Crippen molar-refractivity contribution in [1.29, 1.82) is 0 Å². The van der Waals surface area contributed by atoms with E-state index in [-0.39, 0.29) is 4.47 Å². The second-order valence-electron chi connectivity index (χ2n) is 2.64. The molecular weight excluding hydrogens is 262 g/mol. The molecule has 0 saturated heterocycles. The molecule has 0 bridgehead atoms. The van der Waals surface area contributed by atoms with Crippen LogP contribution in [0.15, 0.2) is 10.7 Å². The van der Waals surface area contributed by atoms with Gasteiger partial charge in [-0.05, 0) is 22.9 Å². The van der Waals surface area contributed by atoms with E-state index < -0.39 is 24.1 Å². The largest absolute Gasteiger partial charge is 0.480 e. The van der Waals surface area contributed by atoms with E-state index in [2.05, 4.69) is 21.0 Å². The van der Waals surface area contributed by atoms with Crippen LogP contribution in [-0.4, -0.2) is 20.9 Å². The van der Waals surface area contributed by atoms with E-state index in [1.165, 1.54) is 6.92 Å². The van der Waals surface area contributed by atoms with Crippen molar-refractivity contribution >= 4 is 21.9 Å². The molecule has 0 aliphatic heterocycles. The van der Waals surface area contributed by atoms with Gasteiger partial charge in [0.2, 0.25) is 0 Å². The van der Waals surface area contributed by atoms with Gasteiger partial charge in [0.15, 0.2) is 0 Å². The van der Waals surface area contributed by atoms with Crippen molar-refractivity contribution in [2.24, 2.45) is 0 Å². The Hall–Kier alpha value is -0.980. The molecule has 1 heterocycles. The van der Waals surface area contributed by atoms with Crippen LogP contribution in [0.25, 0.3) is 0 Å². The molecule has 0 aromatic carbocycles. The Kier molecular flexibility index (Phi) is 3.20. The van der Waals surface area contributed by atoms with Gasteiger partial charge in [-0.25, -0.2) is 18.3 Å². The first-order valence-electron chi connectivity index (χ1n) is 3.69. The van der Waals surface area contributed by atoms with Crippen LogP contribution < -0.4 is 0 Å². The molecule has 0 aliphatic rings. The summed E-state index contributed by atoms with van der Waals surface area (Å²) in [6.07, 6.45) is -1.60. The third-order valence-electron chi connectivity index (χ3n) is 1.72. The molecule has 1 rings (SSSR count). The lowest BCUT2D eigenvalue weighted by molar-refractivity contribution is -0.140. The molecule has 1 aromatic rings. The van der Waals surface area contributed by atoms with E-state index in [9.17, 15) is 13.6 Å². The van der Waals surface area contributed by atoms with Crippen molar-refractivity contribution in [2.45, 2.75) is 19.4 Å². The maximum atomic E-state index is 12.5. The molecule has 7 heteroatoms. The number of alkyl halides is 2. The standard InChI is InChI=1S/C7H7BrF2N2O2/c1-3(7(13)14)12-5(6(9)10)4(8)2-11-12/h2-3,6H,1H3,(H,13,14). The first-order valence-corrected chi connectivity index (χ1v) is 4.48. The maximum absolute atomic E-state index is 12.5. The Bertz CT molecular complexity index is 353. The summed E-state index contributed by atoms with van der Waals surface area (Å²) >= 11 is 2.88. The number of aliphatic carboxylic acids is 1. The van der Waals surface area contributed by atoms with Crippen LogP contribution in [0.2, 0.25) is 0 Å². The summed E-state index contributed by atoms with van der Waals surface area (Å²) in [6, 6.07) is -1.11. The van der Waals surface area contributed by atoms with Gasteiger partial charge in [-0.2, -0.15) is 5.10 Å². The highest BCUT2D eigenvalue weighted by Crippen LogP contribution is 2.29. The van der Waals surface area contributed by atoms with Gasteiger partial charge < -0.3 is 5.11 Å². The first-order chi connectivity index (χ1) is 6.45. The minimum Gasteiger partial charge on any atom is -0.480 e. The van der Waals surface area contributed by atoms with Gasteiger partial charge in [-0.3, -0.25) is 0 Å². The van der Waals surface area contributed by atoms with Crippen molar-refractivity contribution in [3.63, 3.8) is 0 Å². The van der Waals surface area contributed by atoms with Crippen LogP contribution in [0.4, 0.5) is 8.78 Å². The predicted octanol–water partition coefficient (Wildman–Crippen LogP) is 2.23. The molecule has 0 radical (unpaired) electrons. The lowest BCUT2D eigenvalue weighted by Crippen LogP contribution is -2.19. The number of carboxylic acids is 1. The molecule has 0 fully saturated rings. The van der Waals surface area contributed by atoms with Crippen LogP contribution >= 0.6 is 15.9 Å². The Labute approximate surface area is 86.7 Å². The van der Waals surface area contributed by atoms with Crippen LogP contribution in [0.5, 0.6) is 0 Å². The number of carboxylic acid groups (broad SMARTS) is 1. The third kappa shape index (κ3) is 1.92. The van der Waals surface area contributed by atoms with Gasteiger partial charge in [0, 0.05) is 0 Å². The molecule has 1 N–H and O–H groups in total. The molecule has 1 atom stereocenters. The van der Waals surface area contributed by atoms with Crippen molar-refractivity contribution in [2.75, 3.05) is 0 Å². The SMILES string of the molecule is CC(C(=O)O)n1ncc(Br)c1C(F)F. The number of carbonyl (C=O) groups is 1. The zero-order valence-corrected chi connectivity index (χ0v) is 8.70. The second-order valence-corrected chi connectivity index (χ2v) is 3.49. The Morgan fingerprint density at radius 3 is 2.71 bits per heavy atom. The number of rotatable bonds is 3. The molecule has 0 saturated carbocycles. The van der Waals surface area contributed by atoms with Crippen LogP contribution in [-0.2, 0) is 4.79 Å². The second kappa shape index (κ2) is 4.04. The number of hydrogen-bond donors (Lipinski definition) is 1. The first kappa shape index (κ1) is 11.1. The molecule has 1 unspecified atom stereocenters. The molecule has 0 amide bonds. The molecule has 1 aromatic heterocycles. The normalized spacial score (nSPS) is 13.2. The average Bonchev–Trinajstić information content (AvgIpc) is 2.45. The van der Waals surface area contributed by atoms with Crippen LogP contribution in [0.3, 0.4) is 0 Å². The zero-order valence-electron chi connectivity index (χ0n) is 7.12. The van der Waals surface area contributed by atoms with E-state index in [0.29, 0.717) is 0 Å². The summed E-state index contributed by atoms with van der Waals surface area (Å²) in [5.74, 6) is -1.21. The van der Waals surface area contributed by atoms with E-state index in [1.807, 2.05) is 0 Å². The van der Waals surface area contributed by atoms with Gasteiger partial charge >= 0.3 is 5.97 Å². The Morgan fingerprint density at radius 1 is 1.71 bits per heavy atom. The predicted molar refractivity (Wildman–Crippen MR) is 47.2 cm³/mol. The van der Waals surface area contributed by atoms with E-state index in [1.54, 1.807) is 0 Å². The quantitative estimate of drug-likeness (QED) is 0.915. The number of halogens is 3. The fraction of sp³-hybridized carbons (Fsp3) is 0.429. The fourth-order valence-corrected chi connectivity index (χ4v) is 1.41. The monoisotopic (exact) mass is 268 g/mol. The van der Waals surface area contributed by atoms with Crippen molar-refractivity contribution in [3.05, 3.63) is 16.4 Å². The summed E-state index contributed by atoms with van der Waals surface area (Å²) < 4.78 is 25.8. The van der Waals surface area contributed by atoms with Gasteiger partial charge in [-0.15, -0.1) is 0 Å². The summed E-state index contributed by atoms with van der Waals surface area (Å²) in [4.78, 5) is 10.6. The highest BCUT2D eigenvalue weighted by atomic mass is 79.9. The van der Waals surface area contributed by atoms with Gasteiger partial charge in [0.1, 0.15) is 11.7 Å². The van der Waals surface area contributed by atoms with Gasteiger partial charge in [-0.1, -0.05) is 0 Å². The van der Waals surface area contributed by atoms with Crippen LogP contribution in [0, 0.1) is 0 Å². The molecule has 78 valence electrons. The summed E-state index contributed by atoms with van der Waals surface area (Å²) in [7, 11) is 0. The van der Waals surface area contributed by atoms with Crippen molar-refractivity contribution < 1.29 is 18.7 Å². The smallest absolute Gasteiger partial charge is 0.328 e. The highest BCUT2D eigenvalue weighted by molar-refractivity contribution is 9.10. The highest BCUT2D eigenvalue weighted by Gasteiger charge is 2.24. The lowest BCUT2D eigenvalue weighted by atomic mass is 10.3. The zero-order chi connectivity index (χ0) is 10.9. The Balaban J connectivity index is 3.15. The molecule has 4 nitrogen and oxygen atoms in total. The lowest BCUT2D eigenvalue weighted by Gasteiger charge is -2.10. The van der Waals surface area contributed by atoms with E-state index in [0.717, 1.165) is 10.9 Å². The Morgan fingerprint density at radius 2 is 2.29 bits per heavy atom. The molecule has 0 aliphatic carbocycles. The summed E-state index contributed by atoms with van der Waals surface area (Å²) in [6.45, 7) is 1.29. The molecule has 14 heavy (non-hydrogen) atoms. The van der Waals surface area contributed by atoms with Crippen molar-refractivity contribution in [1.82, 2.24) is 9.78 Å². The van der Waals surface area contributed by atoms with Gasteiger partial charge in [0.05, 0.1) is 10.7 Å². The van der Waals surface area contributed by atoms with E-state index in [4.69, 9.17) is 5.11 Å². The maximum Gasteiger partial charge on any atom is 0.328 e. The molecular formula is C7H7BrF2N2O2. The van der Waals surface area contributed by atoms with Crippen LogP contribution in [0.1, 0.15) is 25.1 Å². The number of hydrogen-bond acceptors (Lipinski definition) is 2. The summed E-state index contributed by atoms with van der Waals surface area (Å²) in [5.41, 5.74) is -0.417. The minimum atomic E-state index is -2.76. The summed E-state index contributed by atoms with van der Waals surface area (Å²) in [5, 5.41) is 12.2. The number of nitrogens with zero attached hydrogens (tertiary/aromatic N) is 2. The fourth-order valence-electron chi connectivity index (χ4n) is 0.968. The van der Waals surface area contributed by atoms with Crippen molar-refractivity contribution in [3.8, 4) is 0 Å². The molecule has 0 spiro atoms.